The van der Waals surface area contributed by atoms with Crippen molar-refractivity contribution in [2.75, 3.05) is 0 Å². The highest BCUT2D eigenvalue weighted by atomic mass is 19.1. The zero-order valence-electron chi connectivity index (χ0n) is 10.1. The highest BCUT2D eigenvalue weighted by molar-refractivity contribution is 5.34. The number of rotatable bonds is 2. The Balaban J connectivity index is 2.67. The summed E-state index contributed by atoms with van der Waals surface area (Å²) in [5.74, 6) is -0.294. The summed E-state index contributed by atoms with van der Waals surface area (Å²) in [5, 5.41) is 2.92. The molecule has 0 fully saturated rings. The number of benzene rings is 1. The van der Waals surface area contributed by atoms with Gasteiger partial charge in [-0.05, 0) is 25.0 Å². The molecule has 0 amide bonds. The van der Waals surface area contributed by atoms with Crippen molar-refractivity contribution in [2.24, 2.45) is 0 Å². The third kappa shape index (κ3) is 1.90. The topological polar surface area (TPSA) is 37.8 Å². The average Bonchev–Trinajstić information content (AvgIpc) is 2.55. The number of nitrogens with zero attached hydrogens (tertiary/aromatic N) is 1. The molecule has 0 aliphatic heterocycles. The van der Waals surface area contributed by atoms with Crippen LogP contribution >= 0.6 is 0 Å². The molecule has 0 atom stereocenters. The van der Waals surface area contributed by atoms with Crippen molar-refractivity contribution >= 4 is 0 Å². The van der Waals surface area contributed by atoms with E-state index in [1.807, 2.05) is 20.8 Å². The van der Waals surface area contributed by atoms with Crippen LogP contribution in [0.2, 0.25) is 0 Å². The van der Waals surface area contributed by atoms with Crippen molar-refractivity contribution in [1.82, 2.24) is 9.78 Å². The monoisotopic (exact) mass is 234 g/mol. The number of H-pyrrole nitrogens is 1. The molecule has 2 rings (SSSR count). The molecule has 0 saturated heterocycles. The molecule has 1 N–H and O–H groups in total. The van der Waals surface area contributed by atoms with Gasteiger partial charge in [0.15, 0.2) is 0 Å². The largest absolute Gasteiger partial charge is 0.295 e. The number of halogens is 1. The normalized spacial score (nSPS) is 11.1. The van der Waals surface area contributed by atoms with Crippen LogP contribution in [0.3, 0.4) is 0 Å². The molecule has 4 heteroatoms. The molecule has 3 nitrogen and oxygen atoms in total. The maximum atomic E-state index is 13.6. The maximum absolute atomic E-state index is 13.6. The quantitative estimate of drug-likeness (QED) is 0.852. The van der Waals surface area contributed by atoms with Crippen LogP contribution < -0.4 is 5.56 Å². The molecule has 0 saturated carbocycles. The summed E-state index contributed by atoms with van der Waals surface area (Å²) in [4.78, 5) is 12.1. The SMILES string of the molecule is Cc1[nH]n(-c2ccccc2F)c(=O)c1C(C)C. The summed E-state index contributed by atoms with van der Waals surface area (Å²) in [6, 6.07) is 6.23. The second-order valence-electron chi connectivity index (χ2n) is 4.40. The molecule has 0 radical (unpaired) electrons. The molecule has 0 aliphatic rings. The van der Waals surface area contributed by atoms with Crippen LogP contribution in [-0.2, 0) is 0 Å². The smallest absolute Gasteiger partial charge is 0.275 e. The fourth-order valence-corrected chi connectivity index (χ4v) is 2.04. The van der Waals surface area contributed by atoms with E-state index in [9.17, 15) is 9.18 Å². The van der Waals surface area contributed by atoms with Crippen LogP contribution in [0.5, 0.6) is 0 Å². The number of aryl methyl sites for hydroxylation is 1. The summed E-state index contributed by atoms with van der Waals surface area (Å²) in [6.45, 7) is 5.72. The van der Waals surface area contributed by atoms with E-state index in [0.717, 1.165) is 5.69 Å². The van der Waals surface area contributed by atoms with Crippen LogP contribution in [0.4, 0.5) is 4.39 Å². The van der Waals surface area contributed by atoms with E-state index in [0.29, 0.717) is 5.56 Å². The van der Waals surface area contributed by atoms with Crippen molar-refractivity contribution in [3.8, 4) is 5.69 Å². The Bertz CT molecular complexity index is 596. The Morgan fingerprint density at radius 2 is 1.94 bits per heavy atom. The lowest BCUT2D eigenvalue weighted by Gasteiger charge is -2.02. The van der Waals surface area contributed by atoms with E-state index in [2.05, 4.69) is 5.10 Å². The Morgan fingerprint density at radius 1 is 1.29 bits per heavy atom. The first-order valence-corrected chi connectivity index (χ1v) is 5.58. The summed E-state index contributed by atoms with van der Waals surface area (Å²) >= 11 is 0. The Labute approximate surface area is 98.9 Å². The van der Waals surface area contributed by atoms with E-state index in [1.165, 1.54) is 10.7 Å². The first-order chi connectivity index (χ1) is 8.02. The number of aromatic amines is 1. The van der Waals surface area contributed by atoms with Crippen molar-refractivity contribution in [3.05, 3.63) is 51.7 Å². The highest BCUT2D eigenvalue weighted by Gasteiger charge is 2.16. The van der Waals surface area contributed by atoms with Gasteiger partial charge < -0.3 is 0 Å². The predicted octanol–water partition coefficient (Wildman–Crippen LogP) is 2.74. The summed E-state index contributed by atoms with van der Waals surface area (Å²) in [5.41, 5.74) is 1.57. The van der Waals surface area contributed by atoms with Crippen molar-refractivity contribution in [3.63, 3.8) is 0 Å². The molecule has 2 aromatic rings. The lowest BCUT2D eigenvalue weighted by Crippen LogP contribution is -2.19. The van der Waals surface area contributed by atoms with Gasteiger partial charge in [-0.15, -0.1) is 0 Å². The minimum atomic E-state index is -0.411. The Hall–Kier alpha value is -1.84. The molecule has 90 valence electrons. The summed E-state index contributed by atoms with van der Waals surface area (Å²) < 4.78 is 14.9. The maximum Gasteiger partial charge on any atom is 0.275 e. The first kappa shape index (κ1) is 11.6. The van der Waals surface area contributed by atoms with Gasteiger partial charge in [-0.2, -0.15) is 0 Å². The van der Waals surface area contributed by atoms with Gasteiger partial charge in [-0.25, -0.2) is 9.07 Å². The summed E-state index contributed by atoms with van der Waals surface area (Å²) in [6.07, 6.45) is 0. The zero-order valence-corrected chi connectivity index (χ0v) is 10.1. The lowest BCUT2D eigenvalue weighted by molar-refractivity contribution is 0.607. The molecule has 17 heavy (non-hydrogen) atoms. The minimum absolute atomic E-state index is 0.117. The third-order valence-corrected chi connectivity index (χ3v) is 2.79. The second-order valence-corrected chi connectivity index (χ2v) is 4.40. The fraction of sp³-hybridized carbons (Fsp3) is 0.308. The molecule has 1 heterocycles. The molecule has 0 unspecified atom stereocenters. The van der Waals surface area contributed by atoms with Gasteiger partial charge in [0.1, 0.15) is 11.5 Å². The zero-order chi connectivity index (χ0) is 12.6. The van der Waals surface area contributed by atoms with Gasteiger partial charge in [-0.1, -0.05) is 26.0 Å². The van der Waals surface area contributed by atoms with Crippen molar-refractivity contribution < 1.29 is 4.39 Å². The number of hydrogen-bond donors (Lipinski definition) is 1. The van der Waals surface area contributed by atoms with Crippen LogP contribution in [-0.4, -0.2) is 9.78 Å². The van der Waals surface area contributed by atoms with Crippen LogP contribution in [0.25, 0.3) is 5.69 Å². The molecule has 0 bridgehead atoms. The van der Waals surface area contributed by atoms with Gasteiger partial charge in [0.2, 0.25) is 0 Å². The van der Waals surface area contributed by atoms with Gasteiger partial charge in [0.05, 0.1) is 0 Å². The average molecular weight is 234 g/mol. The number of para-hydroxylation sites is 1. The molecule has 0 spiro atoms. The van der Waals surface area contributed by atoms with E-state index >= 15 is 0 Å². The molecule has 1 aromatic carbocycles. The van der Waals surface area contributed by atoms with Gasteiger partial charge >= 0.3 is 0 Å². The van der Waals surface area contributed by atoms with Crippen molar-refractivity contribution in [2.45, 2.75) is 26.7 Å². The van der Waals surface area contributed by atoms with Crippen LogP contribution in [0, 0.1) is 12.7 Å². The number of nitrogens with one attached hydrogen (secondary N) is 1. The number of aromatic nitrogens is 2. The van der Waals surface area contributed by atoms with Gasteiger partial charge in [0.25, 0.3) is 5.56 Å². The van der Waals surface area contributed by atoms with E-state index in [-0.39, 0.29) is 17.2 Å². The van der Waals surface area contributed by atoms with E-state index in [4.69, 9.17) is 0 Å². The third-order valence-electron chi connectivity index (χ3n) is 2.79. The number of hydrogen-bond acceptors (Lipinski definition) is 1. The van der Waals surface area contributed by atoms with Crippen LogP contribution in [0.15, 0.2) is 29.1 Å². The van der Waals surface area contributed by atoms with Crippen molar-refractivity contribution in [1.29, 1.82) is 0 Å². The first-order valence-electron chi connectivity index (χ1n) is 5.58. The molecular formula is C13H15FN2O. The fourth-order valence-electron chi connectivity index (χ4n) is 2.04. The molecular weight excluding hydrogens is 219 g/mol. The molecule has 1 aromatic heterocycles. The minimum Gasteiger partial charge on any atom is -0.295 e. The molecule has 0 aliphatic carbocycles. The lowest BCUT2D eigenvalue weighted by atomic mass is 10.1. The van der Waals surface area contributed by atoms with E-state index in [1.54, 1.807) is 18.2 Å². The van der Waals surface area contributed by atoms with E-state index < -0.39 is 5.82 Å². The van der Waals surface area contributed by atoms with Gasteiger partial charge in [-0.3, -0.25) is 9.89 Å². The Kier molecular flexibility index (Phi) is 2.88. The Morgan fingerprint density at radius 3 is 2.47 bits per heavy atom. The summed E-state index contributed by atoms with van der Waals surface area (Å²) in [7, 11) is 0. The predicted molar refractivity (Wildman–Crippen MR) is 65.2 cm³/mol. The standard InChI is InChI=1S/C13H15FN2O/c1-8(2)12-9(3)15-16(13(12)17)11-7-5-4-6-10(11)14/h4-8,15H,1-3H3. The second kappa shape index (κ2) is 4.20. The van der Waals surface area contributed by atoms with Crippen LogP contribution in [0.1, 0.15) is 31.0 Å². The highest BCUT2D eigenvalue weighted by Crippen LogP contribution is 2.16. The van der Waals surface area contributed by atoms with Gasteiger partial charge in [0, 0.05) is 11.3 Å².